The molecule has 0 aromatic carbocycles. The van der Waals surface area contributed by atoms with Crippen LogP contribution in [-0.4, -0.2) is 15.1 Å². The Morgan fingerprint density at radius 3 is 2.73 bits per heavy atom. The quantitative estimate of drug-likeness (QED) is 0.525. The Labute approximate surface area is 90.9 Å². The summed E-state index contributed by atoms with van der Waals surface area (Å²) in [6, 6.07) is 0. The van der Waals surface area contributed by atoms with Gasteiger partial charge in [-0.1, -0.05) is 0 Å². The molecule has 2 heterocycles. The van der Waals surface area contributed by atoms with Crippen LogP contribution in [0.25, 0.3) is 10.2 Å². The van der Waals surface area contributed by atoms with Crippen molar-refractivity contribution in [3.05, 3.63) is 16.3 Å². The number of rotatable bonds is 2. The van der Waals surface area contributed by atoms with E-state index in [4.69, 9.17) is 10.9 Å². The van der Waals surface area contributed by atoms with Gasteiger partial charge < -0.3 is 10.5 Å². The zero-order valence-electron chi connectivity index (χ0n) is 8.53. The predicted octanol–water partition coefficient (Wildman–Crippen LogP) is 1.09. The monoisotopic (exact) mass is 224 g/mol. The van der Waals surface area contributed by atoms with Gasteiger partial charge in [0.15, 0.2) is 11.6 Å². The molecule has 0 aliphatic heterocycles. The van der Waals surface area contributed by atoms with Gasteiger partial charge in [-0.05, 0) is 19.4 Å². The summed E-state index contributed by atoms with van der Waals surface area (Å²) in [5, 5.41) is 9.95. The van der Waals surface area contributed by atoms with E-state index < -0.39 is 0 Å². The van der Waals surface area contributed by atoms with Gasteiger partial charge >= 0.3 is 0 Å². The maximum atomic E-state index is 9.00. The van der Waals surface area contributed by atoms with Crippen LogP contribution in [0.4, 0.5) is 5.82 Å². The van der Waals surface area contributed by atoms with Gasteiger partial charge in [0, 0.05) is 4.88 Å². The average Bonchev–Trinajstić information content (AvgIpc) is 2.53. The van der Waals surface area contributed by atoms with Crippen LogP contribution >= 0.6 is 11.3 Å². The Kier molecular flexibility index (Phi) is 2.56. The number of nitrogen functional groups attached to an aromatic ring is 1. The number of nitrogens with two attached hydrogens (primary N) is 1. The molecule has 0 bridgehead atoms. The van der Waals surface area contributed by atoms with E-state index in [1.54, 1.807) is 11.3 Å². The van der Waals surface area contributed by atoms with E-state index in [1.807, 2.05) is 13.8 Å². The van der Waals surface area contributed by atoms with Crippen molar-refractivity contribution in [3.63, 3.8) is 0 Å². The summed E-state index contributed by atoms with van der Waals surface area (Å²) >= 11 is 1.58. The van der Waals surface area contributed by atoms with E-state index in [1.165, 1.54) is 4.88 Å². The number of aliphatic hydroxyl groups excluding tert-OH is 1. The molecule has 0 saturated carbocycles. The van der Waals surface area contributed by atoms with Crippen molar-refractivity contribution in [2.75, 3.05) is 5.43 Å². The molecule has 0 fully saturated rings. The topological polar surface area (TPSA) is 84.1 Å². The molecule has 0 spiro atoms. The summed E-state index contributed by atoms with van der Waals surface area (Å²) in [5.74, 6) is 6.36. The Bertz CT molecular complexity index is 508. The lowest BCUT2D eigenvalue weighted by molar-refractivity contribution is 0.272. The number of hydrazine groups is 1. The fourth-order valence-electron chi connectivity index (χ4n) is 1.47. The molecule has 2 rings (SSSR count). The number of nitrogens with one attached hydrogen (secondary N) is 1. The Morgan fingerprint density at radius 2 is 2.13 bits per heavy atom. The molecular formula is C9H12N4OS. The summed E-state index contributed by atoms with van der Waals surface area (Å²) < 4.78 is 0. The molecule has 80 valence electrons. The van der Waals surface area contributed by atoms with Crippen LogP contribution in [0.15, 0.2) is 0 Å². The smallest absolute Gasteiger partial charge is 0.157 e. The first-order valence-electron chi connectivity index (χ1n) is 4.51. The second kappa shape index (κ2) is 3.73. The number of aliphatic hydroxyl groups is 1. The SMILES string of the molecule is Cc1sc2nc(CO)nc(NN)c2c1C. The third-order valence-electron chi connectivity index (χ3n) is 2.35. The number of aromatic nitrogens is 2. The minimum atomic E-state index is -0.180. The van der Waals surface area contributed by atoms with E-state index in [2.05, 4.69) is 15.4 Å². The van der Waals surface area contributed by atoms with Gasteiger partial charge in [0.2, 0.25) is 0 Å². The van der Waals surface area contributed by atoms with Gasteiger partial charge in [-0.25, -0.2) is 15.8 Å². The highest BCUT2D eigenvalue weighted by Crippen LogP contribution is 2.32. The third-order valence-corrected chi connectivity index (χ3v) is 3.45. The number of thiophene rings is 1. The third kappa shape index (κ3) is 1.56. The van der Waals surface area contributed by atoms with E-state index >= 15 is 0 Å². The van der Waals surface area contributed by atoms with Crippen molar-refractivity contribution in [2.45, 2.75) is 20.5 Å². The lowest BCUT2D eigenvalue weighted by Crippen LogP contribution is -2.11. The normalized spacial score (nSPS) is 10.9. The van der Waals surface area contributed by atoms with E-state index in [-0.39, 0.29) is 6.61 Å². The molecule has 0 amide bonds. The molecule has 15 heavy (non-hydrogen) atoms. The number of hydrogen-bond acceptors (Lipinski definition) is 6. The highest BCUT2D eigenvalue weighted by atomic mass is 32.1. The maximum Gasteiger partial charge on any atom is 0.157 e. The van der Waals surface area contributed by atoms with Crippen molar-refractivity contribution in [3.8, 4) is 0 Å². The van der Waals surface area contributed by atoms with E-state index in [0.29, 0.717) is 11.6 Å². The van der Waals surface area contributed by atoms with Crippen LogP contribution in [-0.2, 0) is 6.61 Å². The highest BCUT2D eigenvalue weighted by molar-refractivity contribution is 7.18. The predicted molar refractivity (Wildman–Crippen MR) is 60.6 cm³/mol. The van der Waals surface area contributed by atoms with Crippen LogP contribution in [0.5, 0.6) is 0 Å². The lowest BCUT2D eigenvalue weighted by Gasteiger charge is -2.03. The van der Waals surface area contributed by atoms with Gasteiger partial charge in [-0.15, -0.1) is 11.3 Å². The van der Waals surface area contributed by atoms with Crippen LogP contribution in [0, 0.1) is 13.8 Å². The summed E-state index contributed by atoms with van der Waals surface area (Å²) in [7, 11) is 0. The molecule has 0 radical (unpaired) electrons. The molecule has 2 aromatic heterocycles. The minimum Gasteiger partial charge on any atom is -0.388 e. The first-order valence-corrected chi connectivity index (χ1v) is 5.33. The zero-order valence-corrected chi connectivity index (χ0v) is 9.35. The number of nitrogens with zero attached hydrogens (tertiary/aromatic N) is 2. The lowest BCUT2D eigenvalue weighted by atomic mass is 10.2. The molecule has 0 saturated heterocycles. The molecule has 0 aliphatic rings. The van der Waals surface area contributed by atoms with E-state index in [0.717, 1.165) is 15.8 Å². The first kappa shape index (κ1) is 10.3. The molecule has 0 unspecified atom stereocenters. The fourth-order valence-corrected chi connectivity index (χ4v) is 2.52. The van der Waals surface area contributed by atoms with E-state index in [9.17, 15) is 0 Å². The van der Waals surface area contributed by atoms with Crippen LogP contribution in [0.1, 0.15) is 16.3 Å². The molecule has 4 N–H and O–H groups in total. The van der Waals surface area contributed by atoms with Crippen molar-refractivity contribution in [2.24, 2.45) is 5.84 Å². The second-order valence-corrected chi connectivity index (χ2v) is 4.46. The summed E-state index contributed by atoms with van der Waals surface area (Å²) in [5.41, 5.74) is 3.68. The maximum absolute atomic E-state index is 9.00. The van der Waals surface area contributed by atoms with Crippen molar-refractivity contribution in [1.29, 1.82) is 0 Å². The first-order chi connectivity index (χ1) is 7.17. The number of hydrogen-bond donors (Lipinski definition) is 3. The van der Waals surface area contributed by atoms with Gasteiger partial charge in [0.1, 0.15) is 11.4 Å². The minimum absolute atomic E-state index is 0.180. The largest absolute Gasteiger partial charge is 0.388 e. The summed E-state index contributed by atoms with van der Waals surface area (Å²) in [6.45, 7) is 3.86. The van der Waals surface area contributed by atoms with Crippen molar-refractivity contribution in [1.82, 2.24) is 9.97 Å². The molecule has 5 nitrogen and oxygen atoms in total. The highest BCUT2D eigenvalue weighted by Gasteiger charge is 2.13. The molecule has 0 atom stereocenters. The molecule has 2 aromatic rings. The molecule has 0 aliphatic carbocycles. The van der Waals surface area contributed by atoms with Gasteiger partial charge in [0.05, 0.1) is 5.39 Å². The Hall–Kier alpha value is -1.24. The van der Waals surface area contributed by atoms with Gasteiger partial charge in [-0.3, -0.25) is 0 Å². The summed E-state index contributed by atoms with van der Waals surface area (Å²) in [6.07, 6.45) is 0. The van der Waals surface area contributed by atoms with Gasteiger partial charge in [0.25, 0.3) is 0 Å². The molecular weight excluding hydrogens is 212 g/mol. The van der Waals surface area contributed by atoms with Gasteiger partial charge in [-0.2, -0.15) is 0 Å². The van der Waals surface area contributed by atoms with Crippen LogP contribution < -0.4 is 11.3 Å². The zero-order chi connectivity index (χ0) is 11.0. The second-order valence-electron chi connectivity index (χ2n) is 3.25. The Balaban J connectivity index is 2.81. The number of anilines is 1. The van der Waals surface area contributed by atoms with Crippen LogP contribution in [0.2, 0.25) is 0 Å². The van der Waals surface area contributed by atoms with Crippen molar-refractivity contribution >= 4 is 27.4 Å². The standard InChI is InChI=1S/C9H12N4OS/c1-4-5(2)15-9-7(4)8(13-10)11-6(3-14)12-9/h14H,3,10H2,1-2H3,(H,11,12,13). The average molecular weight is 224 g/mol. The van der Waals surface area contributed by atoms with Crippen LogP contribution in [0.3, 0.4) is 0 Å². The summed E-state index contributed by atoms with van der Waals surface area (Å²) in [4.78, 5) is 10.4. The van der Waals surface area contributed by atoms with Crippen molar-refractivity contribution < 1.29 is 5.11 Å². The Morgan fingerprint density at radius 1 is 1.40 bits per heavy atom. The fraction of sp³-hybridized carbons (Fsp3) is 0.333. The molecule has 6 heteroatoms. The number of aryl methyl sites for hydroxylation is 2. The number of fused-ring (bicyclic) bond motifs is 1.